The zero-order valence-corrected chi connectivity index (χ0v) is 9.32. The number of rotatable bonds is 2. The van der Waals surface area contributed by atoms with Crippen LogP contribution in [0, 0.1) is 0 Å². The van der Waals surface area contributed by atoms with Crippen LogP contribution in [-0.2, 0) is 0 Å². The first kappa shape index (κ1) is 10.4. The van der Waals surface area contributed by atoms with Crippen molar-refractivity contribution < 1.29 is 5.11 Å². The molecule has 1 saturated carbocycles. The van der Waals surface area contributed by atoms with Gasteiger partial charge in [-0.3, -0.25) is 0 Å². The van der Waals surface area contributed by atoms with Crippen LogP contribution in [0.2, 0.25) is 0 Å². The third kappa shape index (κ3) is 2.05. The standard InChI is InChI=1S/C10H14N6O/c17-8-4-2-1-3-7(8)11-9-5-6-10-12-14-15-16(10)13-9/h5-8,17H,1-4H2,(H,11,13). The minimum Gasteiger partial charge on any atom is -0.391 e. The second-order valence-electron chi connectivity index (χ2n) is 4.35. The highest BCUT2D eigenvalue weighted by molar-refractivity contribution is 5.42. The van der Waals surface area contributed by atoms with Crippen LogP contribution >= 0.6 is 0 Å². The molecule has 2 N–H and O–H groups in total. The maximum Gasteiger partial charge on any atom is 0.200 e. The fraction of sp³-hybridized carbons (Fsp3) is 0.600. The third-order valence-electron chi connectivity index (χ3n) is 3.13. The summed E-state index contributed by atoms with van der Waals surface area (Å²) < 4.78 is 1.37. The zero-order valence-electron chi connectivity index (χ0n) is 9.32. The van der Waals surface area contributed by atoms with Gasteiger partial charge >= 0.3 is 0 Å². The molecule has 2 heterocycles. The summed E-state index contributed by atoms with van der Waals surface area (Å²) >= 11 is 0. The van der Waals surface area contributed by atoms with Crippen molar-refractivity contribution in [2.75, 3.05) is 5.32 Å². The van der Waals surface area contributed by atoms with Crippen LogP contribution in [0.25, 0.3) is 5.65 Å². The number of tetrazole rings is 1. The predicted molar refractivity (Wildman–Crippen MR) is 60.5 cm³/mol. The van der Waals surface area contributed by atoms with Gasteiger partial charge in [-0.15, -0.1) is 14.8 Å². The van der Waals surface area contributed by atoms with Gasteiger partial charge in [0.1, 0.15) is 5.82 Å². The lowest BCUT2D eigenvalue weighted by Gasteiger charge is -2.28. The third-order valence-corrected chi connectivity index (χ3v) is 3.13. The van der Waals surface area contributed by atoms with E-state index in [-0.39, 0.29) is 12.1 Å². The number of anilines is 1. The van der Waals surface area contributed by atoms with Crippen molar-refractivity contribution in [3.05, 3.63) is 12.1 Å². The largest absolute Gasteiger partial charge is 0.391 e. The van der Waals surface area contributed by atoms with Crippen molar-refractivity contribution >= 4 is 11.5 Å². The van der Waals surface area contributed by atoms with Gasteiger partial charge in [-0.2, -0.15) is 0 Å². The molecule has 90 valence electrons. The Balaban J connectivity index is 1.79. The molecule has 1 aliphatic rings. The number of hydrogen-bond acceptors (Lipinski definition) is 6. The summed E-state index contributed by atoms with van der Waals surface area (Å²) in [4.78, 5) is 0. The predicted octanol–water partition coefficient (Wildman–Crippen LogP) is 0.235. The Hall–Kier alpha value is -1.76. The van der Waals surface area contributed by atoms with Crippen LogP contribution in [0.1, 0.15) is 25.7 Å². The Morgan fingerprint density at radius 2 is 2.18 bits per heavy atom. The lowest BCUT2D eigenvalue weighted by Crippen LogP contribution is -2.36. The van der Waals surface area contributed by atoms with E-state index in [1.54, 1.807) is 6.07 Å². The molecule has 2 atom stereocenters. The van der Waals surface area contributed by atoms with Crippen molar-refractivity contribution in [1.29, 1.82) is 0 Å². The normalized spacial score (nSPS) is 25.0. The van der Waals surface area contributed by atoms with Gasteiger partial charge < -0.3 is 10.4 Å². The van der Waals surface area contributed by atoms with Gasteiger partial charge in [-0.1, -0.05) is 12.8 Å². The van der Waals surface area contributed by atoms with Crippen molar-refractivity contribution in [3.8, 4) is 0 Å². The fourth-order valence-electron chi connectivity index (χ4n) is 2.20. The highest BCUT2D eigenvalue weighted by atomic mass is 16.3. The van der Waals surface area contributed by atoms with E-state index in [0.717, 1.165) is 25.7 Å². The van der Waals surface area contributed by atoms with Crippen LogP contribution in [0.3, 0.4) is 0 Å². The molecule has 2 aromatic rings. The number of aliphatic hydroxyl groups excluding tert-OH is 1. The molecule has 0 spiro atoms. The van der Waals surface area contributed by atoms with Gasteiger partial charge in [0.15, 0.2) is 5.65 Å². The minimum absolute atomic E-state index is 0.0742. The second-order valence-corrected chi connectivity index (χ2v) is 4.35. The number of fused-ring (bicyclic) bond motifs is 1. The molecular weight excluding hydrogens is 220 g/mol. The van der Waals surface area contributed by atoms with E-state index in [1.165, 1.54) is 4.63 Å². The van der Waals surface area contributed by atoms with E-state index in [4.69, 9.17) is 0 Å². The van der Waals surface area contributed by atoms with Gasteiger partial charge in [0.05, 0.1) is 12.1 Å². The molecular formula is C10H14N6O. The van der Waals surface area contributed by atoms with Crippen molar-refractivity contribution in [2.45, 2.75) is 37.8 Å². The molecule has 0 amide bonds. The van der Waals surface area contributed by atoms with E-state index in [9.17, 15) is 5.11 Å². The summed E-state index contributed by atoms with van der Waals surface area (Å²) in [5.74, 6) is 0.691. The Morgan fingerprint density at radius 3 is 3.06 bits per heavy atom. The van der Waals surface area contributed by atoms with Crippen molar-refractivity contribution in [3.63, 3.8) is 0 Å². The molecule has 1 aliphatic carbocycles. The van der Waals surface area contributed by atoms with Gasteiger partial charge in [-0.25, -0.2) is 0 Å². The molecule has 0 aliphatic heterocycles. The van der Waals surface area contributed by atoms with E-state index >= 15 is 0 Å². The Labute approximate surface area is 97.8 Å². The van der Waals surface area contributed by atoms with Gasteiger partial charge in [0.25, 0.3) is 0 Å². The molecule has 0 radical (unpaired) electrons. The average Bonchev–Trinajstić information content (AvgIpc) is 2.79. The van der Waals surface area contributed by atoms with Crippen LogP contribution in [0.4, 0.5) is 5.82 Å². The van der Waals surface area contributed by atoms with E-state index < -0.39 is 0 Å². The molecule has 7 heteroatoms. The molecule has 17 heavy (non-hydrogen) atoms. The summed E-state index contributed by atoms with van der Waals surface area (Å²) in [5.41, 5.74) is 0.611. The molecule has 2 aromatic heterocycles. The zero-order chi connectivity index (χ0) is 11.7. The van der Waals surface area contributed by atoms with E-state index in [0.29, 0.717) is 11.5 Å². The van der Waals surface area contributed by atoms with E-state index in [2.05, 4.69) is 25.9 Å². The van der Waals surface area contributed by atoms with Crippen LogP contribution in [-0.4, -0.2) is 42.5 Å². The maximum atomic E-state index is 9.87. The summed E-state index contributed by atoms with van der Waals surface area (Å²) in [6, 6.07) is 3.70. The first-order valence-corrected chi connectivity index (χ1v) is 5.83. The number of nitrogens with one attached hydrogen (secondary N) is 1. The first-order chi connectivity index (χ1) is 8.33. The van der Waals surface area contributed by atoms with Crippen molar-refractivity contribution in [2.24, 2.45) is 0 Å². The first-order valence-electron chi connectivity index (χ1n) is 5.83. The molecule has 0 saturated heterocycles. The Bertz CT molecular complexity index is 512. The Kier molecular flexibility index (Phi) is 2.60. The number of nitrogens with zero attached hydrogens (tertiary/aromatic N) is 5. The number of hydrogen-bond donors (Lipinski definition) is 2. The monoisotopic (exact) mass is 234 g/mol. The minimum atomic E-state index is -0.296. The lowest BCUT2D eigenvalue weighted by molar-refractivity contribution is 0.116. The summed E-state index contributed by atoms with van der Waals surface area (Å²) in [6.07, 6.45) is 3.76. The van der Waals surface area contributed by atoms with Crippen LogP contribution in [0.5, 0.6) is 0 Å². The number of aliphatic hydroxyl groups is 1. The lowest BCUT2D eigenvalue weighted by atomic mass is 9.93. The van der Waals surface area contributed by atoms with Crippen LogP contribution in [0.15, 0.2) is 12.1 Å². The summed E-state index contributed by atoms with van der Waals surface area (Å²) in [5, 5.41) is 28.4. The maximum absolute atomic E-state index is 9.87. The highest BCUT2D eigenvalue weighted by Gasteiger charge is 2.23. The molecule has 3 rings (SSSR count). The smallest absolute Gasteiger partial charge is 0.200 e. The number of aromatic nitrogens is 5. The van der Waals surface area contributed by atoms with Crippen LogP contribution < -0.4 is 5.32 Å². The topological polar surface area (TPSA) is 88.2 Å². The quantitative estimate of drug-likeness (QED) is 0.773. The molecule has 1 fully saturated rings. The fourth-order valence-corrected chi connectivity index (χ4v) is 2.20. The van der Waals surface area contributed by atoms with Gasteiger partial charge in [0, 0.05) is 0 Å². The van der Waals surface area contributed by atoms with Gasteiger partial charge in [0.2, 0.25) is 0 Å². The molecule has 7 nitrogen and oxygen atoms in total. The van der Waals surface area contributed by atoms with Gasteiger partial charge in [-0.05, 0) is 35.4 Å². The van der Waals surface area contributed by atoms with Crippen molar-refractivity contribution in [1.82, 2.24) is 25.3 Å². The summed E-state index contributed by atoms with van der Waals surface area (Å²) in [6.45, 7) is 0. The molecule has 0 bridgehead atoms. The average molecular weight is 234 g/mol. The second kappa shape index (κ2) is 4.25. The SMILES string of the molecule is OC1CCCCC1Nc1ccc2nnnn2n1. The molecule has 0 aromatic carbocycles. The Morgan fingerprint density at radius 1 is 1.29 bits per heavy atom. The highest BCUT2D eigenvalue weighted by Crippen LogP contribution is 2.21. The van der Waals surface area contributed by atoms with E-state index in [1.807, 2.05) is 6.07 Å². The molecule has 2 unspecified atom stereocenters. The summed E-state index contributed by atoms with van der Waals surface area (Å²) in [7, 11) is 0.